The van der Waals surface area contributed by atoms with Crippen LogP contribution in [-0.2, 0) is 6.61 Å². The van der Waals surface area contributed by atoms with Crippen molar-refractivity contribution in [2.45, 2.75) is 6.61 Å². The number of nitrogens with one attached hydrogen (secondary N) is 1. The third-order valence-corrected chi connectivity index (χ3v) is 4.15. The van der Waals surface area contributed by atoms with E-state index < -0.39 is 0 Å². The van der Waals surface area contributed by atoms with E-state index in [9.17, 15) is 4.79 Å². The Morgan fingerprint density at radius 1 is 1.00 bits per heavy atom. The van der Waals surface area contributed by atoms with Crippen LogP contribution >= 0.6 is 0 Å². The molecule has 1 aliphatic heterocycles. The number of nitrogens with zero attached hydrogens (tertiary/aromatic N) is 1. The number of benzene rings is 3. The van der Waals surface area contributed by atoms with Gasteiger partial charge in [-0.05, 0) is 41.5 Å². The van der Waals surface area contributed by atoms with Crippen LogP contribution in [-0.4, -0.2) is 18.9 Å². The first-order valence-corrected chi connectivity index (χ1v) is 8.78. The third kappa shape index (κ3) is 4.12. The predicted octanol–water partition coefficient (Wildman–Crippen LogP) is 3.76. The fourth-order valence-electron chi connectivity index (χ4n) is 2.73. The zero-order chi connectivity index (χ0) is 19.2. The Hall–Kier alpha value is -3.80. The number of fused-ring (bicyclic) bond motifs is 1. The molecule has 3 aromatic carbocycles. The Morgan fingerprint density at radius 2 is 1.79 bits per heavy atom. The highest BCUT2D eigenvalue weighted by atomic mass is 16.7. The number of carbonyl (C=O) groups excluding carboxylic acids is 1. The summed E-state index contributed by atoms with van der Waals surface area (Å²) in [6.07, 6.45) is 1.55. The van der Waals surface area contributed by atoms with Gasteiger partial charge in [0.05, 0.1) is 11.8 Å². The van der Waals surface area contributed by atoms with Crippen LogP contribution < -0.4 is 19.6 Å². The molecule has 0 spiro atoms. The van der Waals surface area contributed by atoms with E-state index in [0.717, 1.165) is 11.1 Å². The second-order valence-electron chi connectivity index (χ2n) is 6.08. The van der Waals surface area contributed by atoms with Gasteiger partial charge in [-0.15, -0.1) is 0 Å². The summed E-state index contributed by atoms with van der Waals surface area (Å²) in [5, 5.41) is 4.03. The van der Waals surface area contributed by atoms with Gasteiger partial charge in [-0.25, -0.2) is 5.43 Å². The third-order valence-electron chi connectivity index (χ3n) is 4.15. The van der Waals surface area contributed by atoms with Gasteiger partial charge in [-0.1, -0.05) is 42.5 Å². The Kier molecular flexibility index (Phi) is 5.20. The maximum Gasteiger partial charge on any atom is 0.275 e. The molecule has 3 aromatic rings. The van der Waals surface area contributed by atoms with Crippen LogP contribution in [0.4, 0.5) is 0 Å². The number of carbonyl (C=O) groups is 1. The number of hydrazone groups is 1. The highest BCUT2D eigenvalue weighted by Crippen LogP contribution is 2.32. The van der Waals surface area contributed by atoms with Gasteiger partial charge in [0, 0.05) is 0 Å². The molecule has 0 unspecified atom stereocenters. The van der Waals surface area contributed by atoms with E-state index in [4.69, 9.17) is 14.2 Å². The molecular weight excluding hydrogens is 356 g/mol. The van der Waals surface area contributed by atoms with Crippen molar-refractivity contribution >= 4 is 12.1 Å². The first kappa shape index (κ1) is 17.6. The van der Waals surface area contributed by atoms with Gasteiger partial charge in [-0.3, -0.25) is 4.79 Å². The number of ether oxygens (including phenoxy) is 3. The van der Waals surface area contributed by atoms with Gasteiger partial charge in [0.1, 0.15) is 12.4 Å². The van der Waals surface area contributed by atoms with Crippen LogP contribution in [0.2, 0.25) is 0 Å². The fourth-order valence-corrected chi connectivity index (χ4v) is 2.73. The number of hydrogen-bond acceptors (Lipinski definition) is 5. The molecule has 1 heterocycles. The van der Waals surface area contributed by atoms with E-state index in [-0.39, 0.29) is 12.7 Å². The van der Waals surface area contributed by atoms with E-state index >= 15 is 0 Å². The van der Waals surface area contributed by atoms with Crippen molar-refractivity contribution in [3.63, 3.8) is 0 Å². The van der Waals surface area contributed by atoms with Crippen LogP contribution in [0, 0.1) is 0 Å². The van der Waals surface area contributed by atoms with Gasteiger partial charge in [-0.2, -0.15) is 5.10 Å². The van der Waals surface area contributed by atoms with Gasteiger partial charge >= 0.3 is 0 Å². The van der Waals surface area contributed by atoms with E-state index in [0.29, 0.717) is 29.4 Å². The van der Waals surface area contributed by atoms with E-state index in [1.165, 1.54) is 0 Å². The average Bonchev–Trinajstić information content (AvgIpc) is 3.21. The SMILES string of the molecule is O=C(N/N=C/c1ccc2c(c1)OCO2)c1ccccc1OCc1ccccc1. The zero-order valence-electron chi connectivity index (χ0n) is 15.0. The number of amides is 1. The Labute approximate surface area is 162 Å². The van der Waals surface area contributed by atoms with Crippen LogP contribution in [0.1, 0.15) is 21.5 Å². The van der Waals surface area contributed by atoms with Crippen molar-refractivity contribution in [3.05, 3.63) is 89.5 Å². The first-order valence-electron chi connectivity index (χ1n) is 8.78. The molecule has 0 fully saturated rings. The van der Waals surface area contributed by atoms with Gasteiger partial charge in [0.25, 0.3) is 5.91 Å². The lowest BCUT2D eigenvalue weighted by molar-refractivity contribution is 0.0950. The van der Waals surface area contributed by atoms with Crippen LogP contribution in [0.5, 0.6) is 17.2 Å². The Balaban J connectivity index is 1.40. The number of rotatable bonds is 6. The van der Waals surface area contributed by atoms with Gasteiger partial charge < -0.3 is 14.2 Å². The van der Waals surface area contributed by atoms with Crippen LogP contribution in [0.15, 0.2) is 77.9 Å². The Morgan fingerprint density at radius 3 is 2.68 bits per heavy atom. The predicted molar refractivity (Wildman–Crippen MR) is 105 cm³/mol. The van der Waals surface area contributed by atoms with Crippen molar-refractivity contribution in [2.75, 3.05) is 6.79 Å². The summed E-state index contributed by atoms with van der Waals surface area (Å²) in [7, 11) is 0. The van der Waals surface area contributed by atoms with E-state index in [1.54, 1.807) is 36.5 Å². The highest BCUT2D eigenvalue weighted by Gasteiger charge is 2.13. The molecule has 1 amide bonds. The molecule has 4 rings (SSSR count). The summed E-state index contributed by atoms with van der Waals surface area (Å²) in [5.74, 6) is 1.52. The molecule has 0 saturated heterocycles. The maximum absolute atomic E-state index is 12.5. The molecule has 28 heavy (non-hydrogen) atoms. The molecule has 0 aromatic heterocycles. The molecule has 0 atom stereocenters. The highest BCUT2D eigenvalue weighted by molar-refractivity contribution is 5.97. The molecule has 1 N–H and O–H groups in total. The quantitative estimate of drug-likeness (QED) is 0.527. The molecule has 140 valence electrons. The molecule has 0 bridgehead atoms. The van der Waals surface area contributed by atoms with Gasteiger partial charge in [0.2, 0.25) is 6.79 Å². The number of para-hydroxylation sites is 1. The van der Waals surface area contributed by atoms with E-state index in [1.807, 2.05) is 42.5 Å². The minimum absolute atomic E-state index is 0.215. The van der Waals surface area contributed by atoms with Crippen molar-refractivity contribution in [1.82, 2.24) is 5.43 Å². The smallest absolute Gasteiger partial charge is 0.275 e. The lowest BCUT2D eigenvalue weighted by atomic mass is 10.2. The summed E-state index contributed by atoms with van der Waals surface area (Å²) in [4.78, 5) is 12.5. The second kappa shape index (κ2) is 8.26. The number of hydrogen-bond donors (Lipinski definition) is 1. The zero-order valence-corrected chi connectivity index (χ0v) is 15.0. The second-order valence-corrected chi connectivity index (χ2v) is 6.08. The molecule has 1 aliphatic rings. The topological polar surface area (TPSA) is 69.2 Å². The van der Waals surface area contributed by atoms with Crippen molar-refractivity contribution in [1.29, 1.82) is 0 Å². The molecule has 0 radical (unpaired) electrons. The first-order chi connectivity index (χ1) is 13.8. The molecule has 6 nitrogen and oxygen atoms in total. The van der Waals surface area contributed by atoms with Crippen molar-refractivity contribution < 1.29 is 19.0 Å². The Bertz CT molecular complexity index is 1000. The van der Waals surface area contributed by atoms with Crippen molar-refractivity contribution in [2.24, 2.45) is 5.10 Å². The molecule has 6 heteroatoms. The molecule has 0 aliphatic carbocycles. The minimum Gasteiger partial charge on any atom is -0.488 e. The monoisotopic (exact) mass is 374 g/mol. The standard InChI is InChI=1S/C22H18N2O4/c25-22(24-23-13-17-10-11-20-21(12-17)28-15-27-20)18-8-4-5-9-19(18)26-14-16-6-2-1-3-7-16/h1-13H,14-15H2,(H,24,25)/b23-13+. The molecular formula is C22H18N2O4. The van der Waals surface area contributed by atoms with Crippen LogP contribution in [0.3, 0.4) is 0 Å². The summed E-state index contributed by atoms with van der Waals surface area (Å²) in [6, 6.07) is 22.3. The summed E-state index contributed by atoms with van der Waals surface area (Å²) >= 11 is 0. The largest absolute Gasteiger partial charge is 0.488 e. The minimum atomic E-state index is -0.347. The summed E-state index contributed by atoms with van der Waals surface area (Å²) in [6.45, 7) is 0.595. The summed E-state index contributed by atoms with van der Waals surface area (Å²) in [5.41, 5.74) is 4.77. The molecule has 0 saturated carbocycles. The average molecular weight is 374 g/mol. The lowest BCUT2D eigenvalue weighted by Gasteiger charge is -2.10. The fraction of sp³-hybridized carbons (Fsp3) is 0.0909. The lowest BCUT2D eigenvalue weighted by Crippen LogP contribution is -2.18. The summed E-state index contributed by atoms with van der Waals surface area (Å²) < 4.78 is 16.4. The van der Waals surface area contributed by atoms with Crippen LogP contribution in [0.25, 0.3) is 0 Å². The normalized spacial score (nSPS) is 12.1. The maximum atomic E-state index is 12.5. The van der Waals surface area contributed by atoms with E-state index in [2.05, 4.69) is 10.5 Å². The van der Waals surface area contributed by atoms with Crippen molar-refractivity contribution in [3.8, 4) is 17.2 Å². The van der Waals surface area contributed by atoms with Gasteiger partial charge in [0.15, 0.2) is 11.5 Å².